The van der Waals surface area contributed by atoms with Crippen molar-refractivity contribution in [1.29, 1.82) is 0 Å². The molecule has 0 unspecified atom stereocenters. The molecule has 0 radical (unpaired) electrons. The third kappa shape index (κ3) is 2.47. The second-order valence-electron chi connectivity index (χ2n) is 5.53. The Morgan fingerprint density at radius 2 is 2.14 bits per heavy atom. The lowest BCUT2D eigenvalue weighted by Crippen LogP contribution is -2.48. The van der Waals surface area contributed by atoms with Gasteiger partial charge in [0, 0.05) is 24.9 Å². The number of aliphatic hydroxyl groups is 1. The SMILES string of the molecule is COc1ccc(/C=C2/[C@@H](O)C3CCN2CC3)cc1[N+](=O)[O-]. The van der Waals surface area contributed by atoms with E-state index in [9.17, 15) is 15.2 Å². The molecule has 0 aliphatic carbocycles. The van der Waals surface area contributed by atoms with Crippen LogP contribution in [0.5, 0.6) is 5.75 Å². The standard InChI is InChI=1S/C15H18N2O4/c1-21-14-3-2-10(8-12(14)17(19)20)9-13-15(18)11-4-6-16(13)7-5-11/h2-3,8-9,11,15,18H,4-7H2,1H3/b13-9-/t15-/m0/s1. The minimum absolute atomic E-state index is 0.0580. The zero-order valence-electron chi connectivity index (χ0n) is 11.9. The van der Waals surface area contributed by atoms with Gasteiger partial charge < -0.3 is 14.7 Å². The predicted octanol–water partition coefficient (Wildman–Crippen LogP) is 2.03. The van der Waals surface area contributed by atoms with Crippen LogP contribution in [0.1, 0.15) is 18.4 Å². The summed E-state index contributed by atoms with van der Waals surface area (Å²) in [6.45, 7) is 1.90. The number of rotatable bonds is 3. The Balaban J connectivity index is 1.96. The average molecular weight is 290 g/mol. The molecule has 1 aromatic rings. The number of hydrogen-bond donors (Lipinski definition) is 1. The zero-order chi connectivity index (χ0) is 15.0. The summed E-state index contributed by atoms with van der Waals surface area (Å²) < 4.78 is 5.00. The minimum atomic E-state index is -0.464. The monoisotopic (exact) mass is 290 g/mol. The summed E-state index contributed by atoms with van der Waals surface area (Å²) in [6.07, 6.45) is 3.42. The number of nitro groups is 1. The molecule has 112 valence electrons. The van der Waals surface area contributed by atoms with Crippen molar-refractivity contribution in [1.82, 2.24) is 4.90 Å². The summed E-state index contributed by atoms with van der Waals surface area (Å²) in [5.74, 6) is 0.558. The predicted molar refractivity (Wildman–Crippen MR) is 77.9 cm³/mol. The summed E-state index contributed by atoms with van der Waals surface area (Å²) >= 11 is 0. The second kappa shape index (κ2) is 5.37. The first kappa shape index (κ1) is 13.9. The Morgan fingerprint density at radius 1 is 1.43 bits per heavy atom. The van der Waals surface area contributed by atoms with Gasteiger partial charge in [0.25, 0.3) is 0 Å². The van der Waals surface area contributed by atoms with Gasteiger partial charge in [0.2, 0.25) is 0 Å². The van der Waals surface area contributed by atoms with Gasteiger partial charge >= 0.3 is 5.69 Å². The van der Waals surface area contributed by atoms with E-state index in [4.69, 9.17) is 4.74 Å². The van der Waals surface area contributed by atoms with Crippen molar-refractivity contribution < 1.29 is 14.8 Å². The fourth-order valence-corrected chi connectivity index (χ4v) is 3.19. The molecule has 1 aromatic carbocycles. The molecule has 3 aliphatic heterocycles. The minimum Gasteiger partial charge on any atom is -0.490 e. The number of methoxy groups -OCH3 is 1. The van der Waals surface area contributed by atoms with Crippen molar-refractivity contribution in [3.8, 4) is 5.75 Å². The molecule has 6 nitrogen and oxygen atoms in total. The number of nitro benzene ring substituents is 1. The number of nitrogens with zero attached hydrogens (tertiary/aromatic N) is 2. The molecular formula is C15H18N2O4. The molecule has 3 saturated heterocycles. The van der Waals surface area contributed by atoms with Crippen molar-refractivity contribution in [2.24, 2.45) is 5.92 Å². The quantitative estimate of drug-likeness (QED) is 0.681. The van der Waals surface area contributed by atoms with Gasteiger partial charge in [-0.3, -0.25) is 10.1 Å². The Bertz CT molecular complexity index is 587. The topological polar surface area (TPSA) is 75.8 Å². The van der Waals surface area contributed by atoms with Crippen LogP contribution in [-0.4, -0.2) is 41.2 Å². The molecule has 0 saturated carbocycles. The summed E-state index contributed by atoms with van der Waals surface area (Å²) in [5, 5.41) is 21.4. The highest BCUT2D eigenvalue weighted by molar-refractivity contribution is 5.61. The molecule has 21 heavy (non-hydrogen) atoms. The van der Waals surface area contributed by atoms with E-state index in [1.165, 1.54) is 13.2 Å². The number of benzene rings is 1. The summed E-state index contributed by atoms with van der Waals surface area (Å²) in [4.78, 5) is 12.8. The fraction of sp³-hybridized carbons (Fsp3) is 0.467. The number of fused-ring (bicyclic) bond motifs is 3. The van der Waals surface area contributed by atoms with E-state index >= 15 is 0 Å². The third-order valence-electron chi connectivity index (χ3n) is 4.37. The lowest BCUT2D eigenvalue weighted by Gasteiger charge is -2.45. The molecule has 0 spiro atoms. The van der Waals surface area contributed by atoms with E-state index in [0.29, 0.717) is 11.5 Å². The Labute approximate surface area is 122 Å². The Hall–Kier alpha value is -2.08. The van der Waals surface area contributed by atoms with Crippen molar-refractivity contribution >= 4 is 11.8 Å². The molecule has 1 N–H and O–H groups in total. The third-order valence-corrected chi connectivity index (χ3v) is 4.37. The van der Waals surface area contributed by atoms with Gasteiger partial charge in [-0.25, -0.2) is 0 Å². The van der Waals surface area contributed by atoms with Crippen LogP contribution in [0.3, 0.4) is 0 Å². The van der Waals surface area contributed by atoms with Gasteiger partial charge in [0.1, 0.15) is 0 Å². The van der Waals surface area contributed by atoms with Gasteiger partial charge in [0.05, 0.1) is 18.1 Å². The maximum absolute atomic E-state index is 11.1. The maximum Gasteiger partial charge on any atom is 0.311 e. The molecule has 0 amide bonds. The highest BCUT2D eigenvalue weighted by Gasteiger charge is 2.36. The van der Waals surface area contributed by atoms with Crippen molar-refractivity contribution in [3.63, 3.8) is 0 Å². The molecule has 0 aromatic heterocycles. The Morgan fingerprint density at radius 3 is 2.71 bits per heavy atom. The second-order valence-corrected chi connectivity index (χ2v) is 5.53. The van der Waals surface area contributed by atoms with Gasteiger partial charge in [-0.1, -0.05) is 6.07 Å². The van der Waals surface area contributed by atoms with Crippen LogP contribution in [0.2, 0.25) is 0 Å². The summed E-state index contributed by atoms with van der Waals surface area (Å²) in [6, 6.07) is 4.85. The van der Waals surface area contributed by atoms with Crippen LogP contribution in [0.15, 0.2) is 23.9 Å². The summed E-state index contributed by atoms with van der Waals surface area (Å²) in [5.41, 5.74) is 1.53. The lowest BCUT2D eigenvalue weighted by molar-refractivity contribution is -0.385. The molecule has 4 rings (SSSR count). The van der Waals surface area contributed by atoms with Gasteiger partial charge in [-0.05, 0) is 36.5 Å². The lowest BCUT2D eigenvalue weighted by atomic mass is 9.83. The first-order chi connectivity index (χ1) is 10.1. The molecule has 3 fully saturated rings. The number of piperidine rings is 3. The fourth-order valence-electron chi connectivity index (χ4n) is 3.19. The average Bonchev–Trinajstić information content (AvgIpc) is 2.51. The van der Waals surface area contributed by atoms with Crippen LogP contribution >= 0.6 is 0 Å². The van der Waals surface area contributed by atoms with Crippen molar-refractivity contribution in [3.05, 3.63) is 39.6 Å². The zero-order valence-corrected chi connectivity index (χ0v) is 11.9. The van der Waals surface area contributed by atoms with Crippen molar-refractivity contribution in [2.45, 2.75) is 18.9 Å². The number of hydrogen-bond acceptors (Lipinski definition) is 5. The summed E-state index contributed by atoms with van der Waals surface area (Å²) in [7, 11) is 1.41. The van der Waals surface area contributed by atoms with E-state index in [0.717, 1.165) is 31.6 Å². The first-order valence-corrected chi connectivity index (χ1v) is 7.07. The Kier molecular flexibility index (Phi) is 3.55. The van der Waals surface area contributed by atoms with Crippen molar-refractivity contribution in [2.75, 3.05) is 20.2 Å². The molecular weight excluding hydrogens is 272 g/mol. The normalized spacial score (nSPS) is 26.2. The largest absolute Gasteiger partial charge is 0.490 e. The van der Waals surface area contributed by atoms with Gasteiger partial charge in [-0.15, -0.1) is 0 Å². The van der Waals surface area contributed by atoms with E-state index < -0.39 is 11.0 Å². The van der Waals surface area contributed by atoms with Crippen LogP contribution in [-0.2, 0) is 0 Å². The van der Waals surface area contributed by atoms with E-state index in [-0.39, 0.29) is 11.4 Å². The van der Waals surface area contributed by atoms with Crippen LogP contribution < -0.4 is 4.74 Å². The van der Waals surface area contributed by atoms with Crippen LogP contribution in [0.25, 0.3) is 6.08 Å². The van der Waals surface area contributed by atoms with E-state index in [2.05, 4.69) is 4.90 Å². The smallest absolute Gasteiger partial charge is 0.311 e. The first-order valence-electron chi connectivity index (χ1n) is 7.07. The van der Waals surface area contributed by atoms with Gasteiger partial charge in [-0.2, -0.15) is 0 Å². The molecule has 3 aliphatic rings. The highest BCUT2D eigenvalue weighted by atomic mass is 16.6. The van der Waals surface area contributed by atoms with E-state index in [1.807, 2.05) is 6.08 Å². The van der Waals surface area contributed by atoms with Gasteiger partial charge in [0.15, 0.2) is 5.75 Å². The van der Waals surface area contributed by atoms with Crippen LogP contribution in [0.4, 0.5) is 5.69 Å². The number of ether oxygens (including phenoxy) is 1. The van der Waals surface area contributed by atoms with Crippen LogP contribution in [0, 0.1) is 16.0 Å². The number of aliphatic hydroxyl groups excluding tert-OH is 1. The molecule has 3 heterocycles. The van der Waals surface area contributed by atoms with E-state index in [1.54, 1.807) is 12.1 Å². The highest BCUT2D eigenvalue weighted by Crippen LogP contribution is 2.36. The molecule has 6 heteroatoms. The maximum atomic E-state index is 11.1. The molecule has 1 atom stereocenters. The molecule has 2 bridgehead atoms.